The zero-order valence-electron chi connectivity index (χ0n) is 69.2. The van der Waals surface area contributed by atoms with Crippen LogP contribution in [0.25, 0.3) is 0 Å². The Morgan fingerprint density at radius 2 is 0.438 bits per heavy atom. The molecule has 3 N–H and O–H groups in total. The zero-order chi connectivity index (χ0) is 77.2. The van der Waals surface area contributed by atoms with E-state index in [9.17, 15) is 43.2 Å². The van der Waals surface area contributed by atoms with Crippen LogP contribution in [-0.2, 0) is 65.4 Å². The molecule has 0 aliphatic rings. The molecule has 0 aromatic carbocycles. The molecule has 0 aliphatic carbocycles. The first-order chi connectivity index (χ1) is 50.7. The molecule has 0 saturated carbocycles. The second kappa shape index (κ2) is 76.1. The molecule has 0 aromatic rings. The Morgan fingerprint density at radius 3 is 0.648 bits per heavy atom. The smallest absolute Gasteiger partial charge is 0.462 e. The molecule has 0 aliphatic heterocycles. The highest BCUT2D eigenvalue weighted by molar-refractivity contribution is 7.47. The Morgan fingerprint density at radius 1 is 0.257 bits per heavy atom. The highest BCUT2D eigenvalue weighted by atomic mass is 31.2. The van der Waals surface area contributed by atoms with Crippen LogP contribution in [-0.4, -0.2) is 96.7 Å². The lowest BCUT2D eigenvalue weighted by Crippen LogP contribution is -2.30. The Labute approximate surface area is 645 Å². The highest BCUT2D eigenvalue weighted by Crippen LogP contribution is 2.45. The largest absolute Gasteiger partial charge is 0.472 e. The van der Waals surface area contributed by atoms with E-state index >= 15 is 0 Å². The number of aliphatic hydroxyl groups excluding tert-OH is 1. The average molecular weight is 1540 g/mol. The van der Waals surface area contributed by atoms with Gasteiger partial charge in [-0.1, -0.05) is 402 Å². The molecular formula is C86H168O17P2. The number of rotatable bonds is 84. The maximum atomic E-state index is 13.1. The number of ether oxygens (including phenoxy) is 4. The van der Waals surface area contributed by atoms with E-state index in [0.717, 1.165) is 108 Å². The number of carbonyl (C=O) groups is 4. The normalized spacial score (nSPS) is 13.9. The second-order valence-electron chi connectivity index (χ2n) is 32.4. The number of phosphoric ester groups is 2. The van der Waals surface area contributed by atoms with E-state index in [-0.39, 0.29) is 25.7 Å². The fraction of sp³-hybridized carbons (Fsp3) is 0.953. The number of hydrogen-bond acceptors (Lipinski definition) is 15. The zero-order valence-corrected chi connectivity index (χ0v) is 71.0. The fourth-order valence-corrected chi connectivity index (χ4v) is 14.9. The van der Waals surface area contributed by atoms with Crippen LogP contribution in [0.2, 0.25) is 0 Å². The molecule has 0 aromatic heterocycles. The topological polar surface area (TPSA) is 237 Å². The molecule has 105 heavy (non-hydrogen) atoms. The van der Waals surface area contributed by atoms with Gasteiger partial charge in [-0.25, -0.2) is 9.13 Å². The van der Waals surface area contributed by atoms with E-state index in [1.54, 1.807) is 0 Å². The van der Waals surface area contributed by atoms with Gasteiger partial charge in [0.15, 0.2) is 12.2 Å². The summed E-state index contributed by atoms with van der Waals surface area (Å²) in [7, 11) is -9.93. The number of carbonyl (C=O) groups excluding carboxylic acids is 4. The van der Waals surface area contributed by atoms with Crippen molar-refractivity contribution in [3.8, 4) is 0 Å². The minimum atomic E-state index is -4.97. The third-order valence-corrected chi connectivity index (χ3v) is 22.0. The van der Waals surface area contributed by atoms with Gasteiger partial charge in [-0.2, -0.15) is 0 Å². The van der Waals surface area contributed by atoms with Crippen molar-refractivity contribution in [3.05, 3.63) is 0 Å². The van der Waals surface area contributed by atoms with E-state index in [0.29, 0.717) is 31.6 Å². The van der Waals surface area contributed by atoms with E-state index in [4.69, 9.17) is 37.0 Å². The van der Waals surface area contributed by atoms with Gasteiger partial charge in [-0.15, -0.1) is 0 Å². The SMILES string of the molecule is CCCCCCCCCCCCCCCCCCCCCCCCC(=O)O[C@H](COC(=O)CCCCCCCCCCCCCCCCCCC(C)C)COP(=O)(O)OC[C@@H](O)COP(=O)(O)OC[C@@H](COC(=O)CCCCCCCCC(C)C)OC(=O)CCCCCCCCCCCCCCC(C)C. The van der Waals surface area contributed by atoms with Gasteiger partial charge in [0.2, 0.25) is 0 Å². The van der Waals surface area contributed by atoms with Crippen LogP contribution in [0.4, 0.5) is 0 Å². The number of esters is 4. The lowest BCUT2D eigenvalue weighted by atomic mass is 10.0. The van der Waals surface area contributed by atoms with Crippen molar-refractivity contribution in [3.63, 3.8) is 0 Å². The molecule has 0 bridgehead atoms. The summed E-state index contributed by atoms with van der Waals surface area (Å²) < 4.78 is 68.8. The van der Waals surface area contributed by atoms with E-state index in [2.05, 4.69) is 48.5 Å². The van der Waals surface area contributed by atoms with Crippen LogP contribution in [0, 0.1) is 17.8 Å². The number of hydrogen-bond donors (Lipinski definition) is 3. The van der Waals surface area contributed by atoms with Gasteiger partial charge >= 0.3 is 39.5 Å². The highest BCUT2D eigenvalue weighted by Gasteiger charge is 2.30. The molecule has 0 heterocycles. The van der Waals surface area contributed by atoms with Crippen LogP contribution < -0.4 is 0 Å². The Kier molecular flexibility index (Phi) is 74.7. The summed E-state index contributed by atoms with van der Waals surface area (Å²) in [6, 6.07) is 0. The van der Waals surface area contributed by atoms with Crippen molar-refractivity contribution < 1.29 is 80.2 Å². The summed E-state index contributed by atoms with van der Waals surface area (Å²) in [6.45, 7) is 11.9. The molecular weight excluding hydrogens is 1370 g/mol. The molecule has 0 fully saturated rings. The second-order valence-corrected chi connectivity index (χ2v) is 35.3. The minimum Gasteiger partial charge on any atom is -0.462 e. The monoisotopic (exact) mass is 1540 g/mol. The summed E-state index contributed by atoms with van der Waals surface area (Å²) in [5, 5.41) is 10.7. The lowest BCUT2D eigenvalue weighted by molar-refractivity contribution is -0.161. The first kappa shape index (κ1) is 103. The predicted molar refractivity (Wildman–Crippen MR) is 432 cm³/mol. The van der Waals surface area contributed by atoms with Crippen LogP contribution in [0.1, 0.15) is 453 Å². The molecule has 17 nitrogen and oxygen atoms in total. The number of phosphoric acid groups is 2. The van der Waals surface area contributed by atoms with Crippen LogP contribution >= 0.6 is 15.6 Å². The van der Waals surface area contributed by atoms with Crippen molar-refractivity contribution in [2.45, 2.75) is 471 Å². The fourth-order valence-electron chi connectivity index (χ4n) is 13.4. The average Bonchev–Trinajstić information content (AvgIpc) is 0.909. The molecule has 5 atom stereocenters. The number of unbranched alkanes of at least 4 members (excludes halogenated alkanes) is 52. The van der Waals surface area contributed by atoms with Crippen LogP contribution in [0.5, 0.6) is 0 Å². The molecule has 19 heteroatoms. The molecule has 624 valence electrons. The lowest BCUT2D eigenvalue weighted by Gasteiger charge is -2.21. The first-order valence-electron chi connectivity index (χ1n) is 44.3. The van der Waals surface area contributed by atoms with Crippen molar-refractivity contribution in [1.29, 1.82) is 0 Å². The van der Waals surface area contributed by atoms with Crippen LogP contribution in [0.15, 0.2) is 0 Å². The minimum absolute atomic E-state index is 0.106. The van der Waals surface area contributed by atoms with E-state index < -0.39 is 97.5 Å². The van der Waals surface area contributed by atoms with Gasteiger partial charge < -0.3 is 33.8 Å². The Balaban J connectivity index is 5.20. The van der Waals surface area contributed by atoms with Gasteiger partial charge in [-0.3, -0.25) is 37.3 Å². The summed E-state index contributed by atoms with van der Waals surface area (Å²) >= 11 is 0. The Hall–Kier alpha value is -1.94. The van der Waals surface area contributed by atoms with Crippen molar-refractivity contribution >= 4 is 39.5 Å². The van der Waals surface area contributed by atoms with Gasteiger partial charge in [-0.05, 0) is 43.4 Å². The maximum absolute atomic E-state index is 13.1. The van der Waals surface area contributed by atoms with Crippen molar-refractivity contribution in [2.24, 2.45) is 17.8 Å². The van der Waals surface area contributed by atoms with Gasteiger partial charge in [0, 0.05) is 25.7 Å². The standard InChI is InChI=1S/C86H168O17P2/c1-8-9-10-11-12-13-14-15-16-17-18-19-20-21-22-27-30-36-41-46-55-62-69-85(90)102-81(73-96-83(88)67-60-53-45-40-35-29-26-24-23-25-28-33-38-43-50-57-64-77(2)3)75-100-104(92,93)98-71-80(87)72-99-105(94,95)101-76-82(74-97-84(89)68-61-54-49-48-52-59-66-79(6)7)103-86(91)70-63-56-47-42-37-32-31-34-39-44-51-58-65-78(4)5/h77-82,87H,8-76H2,1-7H3,(H,92,93)(H,94,95)/t80-,81-,82-/m1/s1. The van der Waals surface area contributed by atoms with Gasteiger partial charge in [0.25, 0.3) is 0 Å². The van der Waals surface area contributed by atoms with Gasteiger partial charge in [0.1, 0.15) is 19.3 Å². The predicted octanol–water partition coefficient (Wildman–Crippen LogP) is 26.1. The summed E-state index contributed by atoms with van der Waals surface area (Å²) in [5.41, 5.74) is 0. The van der Waals surface area contributed by atoms with Crippen molar-refractivity contribution in [2.75, 3.05) is 39.6 Å². The van der Waals surface area contributed by atoms with Crippen LogP contribution in [0.3, 0.4) is 0 Å². The first-order valence-corrected chi connectivity index (χ1v) is 47.3. The molecule has 0 rings (SSSR count). The summed E-state index contributed by atoms with van der Waals surface area (Å²) in [4.78, 5) is 73.1. The molecule has 0 radical (unpaired) electrons. The Bertz CT molecular complexity index is 2030. The molecule has 0 saturated heterocycles. The van der Waals surface area contributed by atoms with E-state index in [1.807, 2.05) is 0 Å². The third kappa shape index (κ3) is 79.9. The summed E-state index contributed by atoms with van der Waals surface area (Å²) in [5.74, 6) is 0.160. The third-order valence-electron chi connectivity index (χ3n) is 20.1. The molecule has 0 spiro atoms. The quantitative estimate of drug-likeness (QED) is 0.0222. The van der Waals surface area contributed by atoms with E-state index in [1.165, 1.54) is 257 Å². The summed E-state index contributed by atoms with van der Waals surface area (Å²) in [6.07, 6.45) is 67.0. The molecule has 2 unspecified atom stereocenters. The number of aliphatic hydroxyl groups is 1. The van der Waals surface area contributed by atoms with Gasteiger partial charge in [0.05, 0.1) is 26.4 Å². The maximum Gasteiger partial charge on any atom is 0.472 e. The van der Waals surface area contributed by atoms with Crippen molar-refractivity contribution in [1.82, 2.24) is 0 Å². The molecule has 0 amide bonds.